The van der Waals surface area contributed by atoms with Gasteiger partial charge in [0.05, 0.1) is 0 Å². The summed E-state index contributed by atoms with van der Waals surface area (Å²) in [5.41, 5.74) is 2.19. The number of aliphatic carboxylic acids is 1. The third kappa shape index (κ3) is 4.53. The fourth-order valence-corrected chi connectivity index (χ4v) is 2.33. The quantitative estimate of drug-likeness (QED) is 0.797. The number of carboxylic acids is 1. The first kappa shape index (κ1) is 12.8. The summed E-state index contributed by atoms with van der Waals surface area (Å²) >= 11 is 1.44. The van der Waals surface area contributed by atoms with Gasteiger partial charge in [-0.15, -0.1) is 11.8 Å². The van der Waals surface area contributed by atoms with E-state index in [9.17, 15) is 4.79 Å². The number of allylic oxidation sites excluding steroid dienone is 1. The zero-order chi connectivity index (χ0) is 12.0. The number of hydrogen-bond donors (Lipinski definition) is 1. The highest BCUT2D eigenvalue weighted by Crippen LogP contribution is 2.20. The number of thioether (sulfide) groups is 1. The number of benzene rings is 1. The molecule has 0 saturated carbocycles. The highest BCUT2D eigenvalue weighted by molar-refractivity contribution is 8.00. The van der Waals surface area contributed by atoms with Crippen molar-refractivity contribution >= 4 is 17.7 Å². The van der Waals surface area contributed by atoms with Crippen molar-refractivity contribution in [3.8, 4) is 0 Å². The Morgan fingerprint density at radius 2 is 2.00 bits per heavy atom. The van der Waals surface area contributed by atoms with E-state index in [1.807, 2.05) is 44.2 Å². The first-order chi connectivity index (χ1) is 7.59. The van der Waals surface area contributed by atoms with Gasteiger partial charge in [-0.2, -0.15) is 0 Å². The number of carbonyl (C=O) groups is 1. The Hall–Kier alpha value is -1.22. The first-order valence-corrected chi connectivity index (χ1v) is 6.18. The van der Waals surface area contributed by atoms with E-state index >= 15 is 0 Å². The largest absolute Gasteiger partial charge is 0.480 e. The molecule has 0 bridgehead atoms. The molecule has 1 aromatic rings. The molecule has 0 radical (unpaired) electrons. The van der Waals surface area contributed by atoms with Crippen LogP contribution >= 0.6 is 11.8 Å². The lowest BCUT2D eigenvalue weighted by Crippen LogP contribution is -2.14. The smallest absolute Gasteiger partial charge is 0.320 e. The Morgan fingerprint density at radius 1 is 1.38 bits per heavy atom. The molecule has 0 spiro atoms. The maximum Gasteiger partial charge on any atom is 0.320 e. The molecular formula is C13H16O2S. The Labute approximate surface area is 100 Å². The Balaban J connectivity index is 2.58. The van der Waals surface area contributed by atoms with Gasteiger partial charge in [-0.3, -0.25) is 4.79 Å². The van der Waals surface area contributed by atoms with Gasteiger partial charge in [0.2, 0.25) is 0 Å². The fourth-order valence-electron chi connectivity index (χ4n) is 1.25. The van der Waals surface area contributed by atoms with Crippen LogP contribution in [0.25, 0.3) is 0 Å². The maximum atomic E-state index is 11.0. The summed E-state index contributed by atoms with van der Waals surface area (Å²) < 4.78 is 0. The summed E-state index contributed by atoms with van der Waals surface area (Å²) in [5, 5.41) is 8.58. The first-order valence-electron chi connectivity index (χ1n) is 5.13. The van der Waals surface area contributed by atoms with E-state index in [0.717, 1.165) is 16.9 Å². The van der Waals surface area contributed by atoms with Gasteiger partial charge in [-0.1, -0.05) is 42.0 Å². The molecule has 1 N–H and O–H groups in total. The van der Waals surface area contributed by atoms with E-state index in [0.29, 0.717) is 0 Å². The Bertz CT molecular complexity index is 367. The molecule has 1 atom stereocenters. The molecule has 0 fully saturated rings. The van der Waals surface area contributed by atoms with Crippen LogP contribution in [0.15, 0.2) is 42.0 Å². The lowest BCUT2D eigenvalue weighted by atomic mass is 10.2. The number of rotatable bonds is 5. The number of hydrogen-bond acceptors (Lipinski definition) is 2. The van der Waals surface area contributed by atoms with Crippen LogP contribution in [0.2, 0.25) is 0 Å². The second-order valence-corrected chi connectivity index (χ2v) is 4.93. The molecule has 0 aliphatic heterocycles. The van der Waals surface area contributed by atoms with Crippen molar-refractivity contribution in [3.05, 3.63) is 47.5 Å². The summed E-state index contributed by atoms with van der Waals surface area (Å²) in [6.07, 6.45) is 1.79. The van der Waals surface area contributed by atoms with Gasteiger partial charge < -0.3 is 5.11 Å². The van der Waals surface area contributed by atoms with Gasteiger partial charge in [0, 0.05) is 5.75 Å². The van der Waals surface area contributed by atoms with Crippen molar-refractivity contribution in [1.82, 2.24) is 0 Å². The van der Waals surface area contributed by atoms with Gasteiger partial charge in [0.15, 0.2) is 0 Å². The highest BCUT2D eigenvalue weighted by Gasteiger charge is 2.14. The van der Waals surface area contributed by atoms with Crippen LogP contribution in [-0.4, -0.2) is 16.3 Å². The molecule has 1 rings (SSSR count). The standard InChI is InChI=1S/C13H16O2S/c1-10(2)8-12(13(14)15)16-9-11-6-4-3-5-7-11/h3-8,12H,9H2,1-2H3,(H,14,15). The monoisotopic (exact) mass is 236 g/mol. The molecule has 0 aliphatic rings. The minimum atomic E-state index is -0.776. The van der Waals surface area contributed by atoms with Gasteiger partial charge in [-0.05, 0) is 19.4 Å². The predicted octanol–water partition coefficient (Wildman–Crippen LogP) is 3.34. The average Bonchev–Trinajstić information content (AvgIpc) is 2.25. The zero-order valence-corrected chi connectivity index (χ0v) is 10.3. The topological polar surface area (TPSA) is 37.3 Å². The van der Waals surface area contributed by atoms with Crippen LogP contribution in [0.1, 0.15) is 19.4 Å². The van der Waals surface area contributed by atoms with Crippen LogP contribution in [0.3, 0.4) is 0 Å². The zero-order valence-electron chi connectivity index (χ0n) is 9.51. The van der Waals surface area contributed by atoms with E-state index in [4.69, 9.17) is 5.11 Å². The van der Waals surface area contributed by atoms with E-state index in [-0.39, 0.29) is 0 Å². The molecule has 0 aromatic heterocycles. The summed E-state index contributed by atoms with van der Waals surface area (Å²) in [6, 6.07) is 9.90. The van der Waals surface area contributed by atoms with Crippen LogP contribution in [0.4, 0.5) is 0 Å². The third-order valence-electron chi connectivity index (χ3n) is 2.00. The molecule has 1 unspecified atom stereocenters. The van der Waals surface area contributed by atoms with Gasteiger partial charge in [-0.25, -0.2) is 0 Å². The van der Waals surface area contributed by atoms with Crippen LogP contribution in [-0.2, 0) is 10.5 Å². The average molecular weight is 236 g/mol. The minimum absolute atomic E-state index is 0.454. The van der Waals surface area contributed by atoms with Gasteiger partial charge >= 0.3 is 5.97 Å². The lowest BCUT2D eigenvalue weighted by Gasteiger charge is -2.08. The van der Waals surface area contributed by atoms with Crippen LogP contribution in [0, 0.1) is 0 Å². The lowest BCUT2D eigenvalue weighted by molar-refractivity contribution is -0.135. The Morgan fingerprint density at radius 3 is 2.50 bits per heavy atom. The summed E-state index contributed by atoms with van der Waals surface area (Å²) in [4.78, 5) is 11.0. The molecule has 0 aliphatic carbocycles. The number of carboxylic acid groups (broad SMARTS) is 1. The Kier molecular flexibility index (Phi) is 5.12. The molecule has 2 nitrogen and oxygen atoms in total. The second kappa shape index (κ2) is 6.38. The van der Waals surface area contributed by atoms with E-state index in [1.165, 1.54) is 11.8 Å². The maximum absolute atomic E-state index is 11.0. The van der Waals surface area contributed by atoms with Crippen LogP contribution in [0.5, 0.6) is 0 Å². The van der Waals surface area contributed by atoms with Crippen molar-refractivity contribution in [2.75, 3.05) is 0 Å². The van der Waals surface area contributed by atoms with Gasteiger partial charge in [0.1, 0.15) is 5.25 Å². The van der Waals surface area contributed by atoms with E-state index < -0.39 is 11.2 Å². The van der Waals surface area contributed by atoms with Crippen molar-refractivity contribution < 1.29 is 9.90 Å². The minimum Gasteiger partial charge on any atom is -0.480 e. The van der Waals surface area contributed by atoms with E-state index in [1.54, 1.807) is 6.08 Å². The molecule has 0 heterocycles. The molecule has 16 heavy (non-hydrogen) atoms. The molecule has 0 saturated heterocycles. The third-order valence-corrected chi connectivity index (χ3v) is 3.20. The molecule has 86 valence electrons. The molecule has 0 amide bonds. The van der Waals surface area contributed by atoms with E-state index in [2.05, 4.69) is 0 Å². The van der Waals surface area contributed by atoms with Crippen molar-refractivity contribution in [2.24, 2.45) is 0 Å². The predicted molar refractivity (Wildman–Crippen MR) is 68.6 cm³/mol. The SMILES string of the molecule is CC(C)=CC(SCc1ccccc1)C(=O)O. The van der Waals surface area contributed by atoms with Crippen molar-refractivity contribution in [2.45, 2.75) is 24.9 Å². The molecular weight excluding hydrogens is 220 g/mol. The molecule has 1 aromatic carbocycles. The fraction of sp³-hybridized carbons (Fsp3) is 0.308. The second-order valence-electron chi connectivity index (χ2n) is 3.80. The van der Waals surface area contributed by atoms with Crippen LogP contribution < -0.4 is 0 Å². The highest BCUT2D eigenvalue weighted by atomic mass is 32.2. The van der Waals surface area contributed by atoms with Gasteiger partial charge in [0.25, 0.3) is 0 Å². The molecule has 3 heteroatoms. The van der Waals surface area contributed by atoms with Crippen molar-refractivity contribution in [3.63, 3.8) is 0 Å². The normalized spacial score (nSPS) is 11.9. The summed E-state index contributed by atoms with van der Waals surface area (Å²) in [5.74, 6) is -0.0520. The van der Waals surface area contributed by atoms with Crippen molar-refractivity contribution in [1.29, 1.82) is 0 Å². The summed E-state index contributed by atoms with van der Waals surface area (Å²) in [7, 11) is 0. The summed E-state index contributed by atoms with van der Waals surface area (Å²) in [6.45, 7) is 3.83.